The van der Waals surface area contributed by atoms with E-state index < -0.39 is 9.05 Å². The Bertz CT molecular complexity index is 689. The van der Waals surface area contributed by atoms with Crippen molar-refractivity contribution in [2.75, 3.05) is 0 Å². The van der Waals surface area contributed by atoms with Crippen LogP contribution in [0.2, 0.25) is 0 Å². The molecule has 1 aromatic carbocycles. The van der Waals surface area contributed by atoms with E-state index in [1.807, 2.05) is 0 Å². The highest BCUT2D eigenvalue weighted by Gasteiger charge is 2.19. The van der Waals surface area contributed by atoms with Gasteiger partial charge in [0.1, 0.15) is 0 Å². The number of ketones is 1. The predicted molar refractivity (Wildman–Crippen MR) is 68.3 cm³/mol. The number of nitrogens with zero attached hydrogens (tertiary/aromatic N) is 1. The van der Waals surface area contributed by atoms with Gasteiger partial charge >= 0.3 is 0 Å². The van der Waals surface area contributed by atoms with E-state index in [1.165, 1.54) is 23.9 Å². The molecule has 2 aromatic rings. The molecular weight excluding hydrogens is 274 g/mol. The van der Waals surface area contributed by atoms with Crippen LogP contribution in [0.1, 0.15) is 15.9 Å². The van der Waals surface area contributed by atoms with E-state index in [0.717, 1.165) is 0 Å². The highest BCUT2D eigenvalue weighted by Crippen LogP contribution is 2.19. The van der Waals surface area contributed by atoms with Gasteiger partial charge in [0.05, 0.1) is 0 Å². The van der Waals surface area contributed by atoms with Gasteiger partial charge in [0.2, 0.25) is 0 Å². The first-order valence-corrected chi connectivity index (χ1v) is 7.41. The molecule has 0 amide bonds. The lowest BCUT2D eigenvalue weighted by Crippen LogP contribution is -1.99. The summed E-state index contributed by atoms with van der Waals surface area (Å²) in [6, 6.07) is 9.91. The van der Waals surface area contributed by atoms with E-state index in [4.69, 9.17) is 10.7 Å². The fourth-order valence-corrected chi connectivity index (χ4v) is 2.79. The van der Waals surface area contributed by atoms with Crippen LogP contribution in [-0.2, 0) is 16.1 Å². The number of hydrogen-bond donors (Lipinski definition) is 0. The summed E-state index contributed by atoms with van der Waals surface area (Å²) in [6.45, 7) is 0. The van der Waals surface area contributed by atoms with Gasteiger partial charge in [0.15, 0.2) is 10.8 Å². The van der Waals surface area contributed by atoms with Crippen molar-refractivity contribution in [1.29, 1.82) is 0 Å². The second-order valence-corrected chi connectivity index (χ2v) is 6.32. The number of carbonyl (C=O) groups excluding carboxylic acids is 1. The largest absolute Gasteiger partial charge is 0.340 e. The van der Waals surface area contributed by atoms with Gasteiger partial charge in [-0.15, -0.1) is 0 Å². The second-order valence-electron chi connectivity index (χ2n) is 3.81. The zero-order valence-corrected chi connectivity index (χ0v) is 11.1. The van der Waals surface area contributed by atoms with E-state index in [1.54, 1.807) is 30.3 Å². The van der Waals surface area contributed by atoms with Gasteiger partial charge < -0.3 is 4.57 Å². The summed E-state index contributed by atoms with van der Waals surface area (Å²) < 4.78 is 23.8. The van der Waals surface area contributed by atoms with E-state index >= 15 is 0 Å². The SMILES string of the molecule is Cn1cc(C(=O)c2ccccc2)cc1S(=O)(=O)Cl. The van der Waals surface area contributed by atoms with Crippen molar-refractivity contribution in [2.45, 2.75) is 5.03 Å². The molecule has 0 aliphatic carbocycles. The highest BCUT2D eigenvalue weighted by molar-refractivity contribution is 8.13. The molecule has 0 aliphatic rings. The third-order valence-electron chi connectivity index (χ3n) is 2.51. The summed E-state index contributed by atoms with van der Waals surface area (Å²) in [5, 5.41) is -0.0940. The average molecular weight is 284 g/mol. The Morgan fingerprint density at radius 1 is 1.17 bits per heavy atom. The number of halogens is 1. The zero-order valence-electron chi connectivity index (χ0n) is 9.50. The Labute approximate surface area is 109 Å². The molecule has 1 aromatic heterocycles. The number of carbonyl (C=O) groups is 1. The predicted octanol–water partition coefficient (Wildman–Crippen LogP) is 2.18. The average Bonchev–Trinajstić information content (AvgIpc) is 2.71. The van der Waals surface area contributed by atoms with Gasteiger partial charge in [-0.25, -0.2) is 8.42 Å². The molecule has 2 rings (SSSR count). The summed E-state index contributed by atoms with van der Waals surface area (Å²) >= 11 is 0. The van der Waals surface area contributed by atoms with Crippen LogP contribution in [0.5, 0.6) is 0 Å². The van der Waals surface area contributed by atoms with Crippen LogP contribution in [-0.4, -0.2) is 18.8 Å². The first-order chi connectivity index (χ1) is 8.39. The van der Waals surface area contributed by atoms with Gasteiger partial charge in [-0.3, -0.25) is 4.79 Å². The molecule has 0 spiro atoms. The summed E-state index contributed by atoms with van der Waals surface area (Å²) in [5.41, 5.74) is 0.796. The van der Waals surface area contributed by atoms with Crippen molar-refractivity contribution in [3.63, 3.8) is 0 Å². The maximum atomic E-state index is 12.1. The van der Waals surface area contributed by atoms with Crippen molar-refractivity contribution in [3.8, 4) is 0 Å². The molecule has 0 radical (unpaired) electrons. The maximum absolute atomic E-state index is 12.1. The van der Waals surface area contributed by atoms with E-state index in [9.17, 15) is 13.2 Å². The molecule has 18 heavy (non-hydrogen) atoms. The molecule has 1 heterocycles. The molecule has 0 bridgehead atoms. The van der Waals surface area contributed by atoms with Crippen LogP contribution in [0.3, 0.4) is 0 Å². The van der Waals surface area contributed by atoms with Crippen LogP contribution in [0.4, 0.5) is 0 Å². The van der Waals surface area contributed by atoms with Gasteiger partial charge in [0, 0.05) is 35.1 Å². The molecule has 0 saturated carbocycles. The lowest BCUT2D eigenvalue weighted by molar-refractivity contribution is 0.103. The van der Waals surface area contributed by atoms with Gasteiger partial charge in [0.25, 0.3) is 9.05 Å². The molecule has 0 unspecified atom stereocenters. The van der Waals surface area contributed by atoms with Gasteiger partial charge in [-0.05, 0) is 6.07 Å². The van der Waals surface area contributed by atoms with Crippen LogP contribution in [0, 0.1) is 0 Å². The van der Waals surface area contributed by atoms with Crippen molar-refractivity contribution in [3.05, 3.63) is 53.7 Å². The van der Waals surface area contributed by atoms with Crippen molar-refractivity contribution in [1.82, 2.24) is 4.57 Å². The fourth-order valence-electron chi connectivity index (χ4n) is 1.67. The van der Waals surface area contributed by atoms with E-state index in [2.05, 4.69) is 0 Å². The topological polar surface area (TPSA) is 56.1 Å². The van der Waals surface area contributed by atoms with Crippen LogP contribution in [0.25, 0.3) is 0 Å². The molecular formula is C12H10ClNO3S. The van der Waals surface area contributed by atoms with Gasteiger partial charge in [-0.1, -0.05) is 30.3 Å². The van der Waals surface area contributed by atoms with Crippen molar-refractivity contribution >= 4 is 25.5 Å². The van der Waals surface area contributed by atoms with E-state index in [-0.39, 0.29) is 10.8 Å². The smallest absolute Gasteiger partial charge is 0.276 e. The third kappa shape index (κ3) is 2.47. The molecule has 0 fully saturated rings. The molecule has 94 valence electrons. The highest BCUT2D eigenvalue weighted by atomic mass is 35.7. The Hall–Kier alpha value is -1.59. The molecule has 0 N–H and O–H groups in total. The lowest BCUT2D eigenvalue weighted by atomic mass is 10.1. The third-order valence-corrected chi connectivity index (χ3v) is 3.89. The molecule has 0 atom stereocenters. The monoisotopic (exact) mass is 283 g/mol. The Kier molecular flexibility index (Phi) is 3.28. The molecule has 0 saturated heterocycles. The van der Waals surface area contributed by atoms with Crippen molar-refractivity contribution < 1.29 is 13.2 Å². The summed E-state index contributed by atoms with van der Waals surface area (Å²) in [5.74, 6) is -0.238. The number of aryl methyl sites for hydroxylation is 1. The second kappa shape index (κ2) is 4.59. The Balaban J connectivity index is 2.46. The lowest BCUT2D eigenvalue weighted by Gasteiger charge is -1.96. The first-order valence-electron chi connectivity index (χ1n) is 5.10. The standard InChI is InChI=1S/C12H10ClNO3S/c1-14-8-10(7-11(14)18(13,16)17)12(15)9-5-3-2-4-6-9/h2-8H,1H3. The fraction of sp³-hybridized carbons (Fsp3) is 0.0833. The minimum Gasteiger partial charge on any atom is -0.340 e. The summed E-state index contributed by atoms with van der Waals surface area (Å²) in [6.07, 6.45) is 1.45. The first kappa shape index (κ1) is 12.9. The van der Waals surface area contributed by atoms with Crippen LogP contribution >= 0.6 is 10.7 Å². The Morgan fingerprint density at radius 3 is 2.28 bits per heavy atom. The van der Waals surface area contributed by atoms with Crippen LogP contribution < -0.4 is 0 Å². The molecule has 0 aliphatic heterocycles. The summed E-state index contributed by atoms with van der Waals surface area (Å²) in [4.78, 5) is 12.1. The van der Waals surface area contributed by atoms with E-state index in [0.29, 0.717) is 11.1 Å². The summed E-state index contributed by atoms with van der Waals surface area (Å²) in [7, 11) is 2.95. The molecule has 4 nitrogen and oxygen atoms in total. The minimum absolute atomic E-state index is 0.0940. The van der Waals surface area contributed by atoms with Gasteiger partial charge in [-0.2, -0.15) is 0 Å². The quantitative estimate of drug-likeness (QED) is 0.641. The zero-order chi connectivity index (χ0) is 13.3. The number of rotatable bonds is 3. The Morgan fingerprint density at radius 2 is 1.78 bits per heavy atom. The van der Waals surface area contributed by atoms with Crippen LogP contribution in [0.15, 0.2) is 47.6 Å². The number of benzene rings is 1. The minimum atomic E-state index is -3.85. The number of hydrogen-bond acceptors (Lipinski definition) is 3. The number of aromatic nitrogens is 1. The molecule has 6 heteroatoms. The van der Waals surface area contributed by atoms with Crippen molar-refractivity contribution in [2.24, 2.45) is 7.05 Å². The maximum Gasteiger partial charge on any atom is 0.276 e. The normalized spacial score (nSPS) is 11.4.